The van der Waals surface area contributed by atoms with Crippen LogP contribution in [-0.2, 0) is 0 Å². The molecule has 0 aliphatic rings. The third kappa shape index (κ3) is 2.20. The number of aromatic nitrogens is 2. The molecule has 2 aromatic rings. The van der Waals surface area contributed by atoms with Crippen LogP contribution in [0.3, 0.4) is 0 Å². The number of carbonyl (C=O) groups is 1. The molecule has 1 aromatic carbocycles. The van der Waals surface area contributed by atoms with E-state index in [4.69, 9.17) is 5.73 Å². The van der Waals surface area contributed by atoms with Crippen LogP contribution < -0.4 is 5.73 Å². The molecule has 1 heterocycles. The minimum Gasteiger partial charge on any atom is -0.364 e. The fraction of sp³-hybridized carbons (Fsp3) is 0.154. The van der Waals surface area contributed by atoms with Gasteiger partial charge in [0.1, 0.15) is 11.5 Å². The van der Waals surface area contributed by atoms with Crippen molar-refractivity contribution in [2.45, 2.75) is 13.8 Å². The van der Waals surface area contributed by atoms with E-state index < -0.39 is 5.91 Å². The summed E-state index contributed by atoms with van der Waals surface area (Å²) in [4.78, 5) is 19.6. The topological polar surface area (TPSA) is 68.9 Å². The quantitative estimate of drug-likeness (QED) is 0.879. The van der Waals surface area contributed by atoms with Crippen molar-refractivity contribution < 1.29 is 9.18 Å². The first-order valence-corrected chi connectivity index (χ1v) is 5.40. The van der Waals surface area contributed by atoms with Crippen LogP contribution in [0.25, 0.3) is 11.3 Å². The van der Waals surface area contributed by atoms with Gasteiger partial charge in [-0.25, -0.2) is 9.37 Å². The predicted octanol–water partition coefficient (Wildman–Crippen LogP) is 2.00. The van der Waals surface area contributed by atoms with Crippen molar-refractivity contribution in [2.75, 3.05) is 0 Å². The molecule has 0 saturated heterocycles. The maximum Gasteiger partial charge on any atom is 0.269 e. The first-order valence-electron chi connectivity index (χ1n) is 5.40. The van der Waals surface area contributed by atoms with Gasteiger partial charge in [-0.2, -0.15) is 0 Å². The SMILES string of the molecule is Cc1nc(C)c(-c2cccc(F)c2)nc1C(N)=O. The number of nitrogens with zero attached hydrogens (tertiary/aromatic N) is 2. The molecule has 0 radical (unpaired) electrons. The summed E-state index contributed by atoms with van der Waals surface area (Å²) in [6.07, 6.45) is 0. The average Bonchev–Trinajstić information content (AvgIpc) is 2.28. The maximum absolute atomic E-state index is 13.2. The van der Waals surface area contributed by atoms with Gasteiger partial charge in [0.2, 0.25) is 0 Å². The summed E-state index contributed by atoms with van der Waals surface area (Å²) in [5.41, 5.74) is 7.48. The number of nitrogens with two attached hydrogens (primary N) is 1. The summed E-state index contributed by atoms with van der Waals surface area (Å²) in [6, 6.07) is 5.97. The number of benzene rings is 1. The van der Waals surface area contributed by atoms with Crippen molar-refractivity contribution in [1.29, 1.82) is 0 Å². The van der Waals surface area contributed by atoms with Crippen molar-refractivity contribution >= 4 is 5.91 Å². The third-order valence-corrected chi connectivity index (χ3v) is 2.58. The smallest absolute Gasteiger partial charge is 0.269 e. The van der Waals surface area contributed by atoms with Crippen LogP contribution in [0.5, 0.6) is 0 Å². The number of hydrogen-bond acceptors (Lipinski definition) is 3. The van der Waals surface area contributed by atoms with Crippen molar-refractivity contribution in [2.24, 2.45) is 5.73 Å². The number of amides is 1. The minimum absolute atomic E-state index is 0.111. The second-order valence-corrected chi connectivity index (χ2v) is 3.97. The molecular weight excluding hydrogens is 233 g/mol. The first kappa shape index (κ1) is 12.2. The molecule has 0 aliphatic heterocycles. The highest BCUT2D eigenvalue weighted by atomic mass is 19.1. The largest absolute Gasteiger partial charge is 0.364 e. The van der Waals surface area contributed by atoms with Crippen LogP contribution in [0.2, 0.25) is 0 Å². The molecule has 0 bridgehead atoms. The van der Waals surface area contributed by atoms with Gasteiger partial charge >= 0.3 is 0 Å². The van der Waals surface area contributed by atoms with Crippen LogP contribution >= 0.6 is 0 Å². The molecule has 2 rings (SSSR count). The Hall–Kier alpha value is -2.30. The lowest BCUT2D eigenvalue weighted by Gasteiger charge is -2.08. The lowest BCUT2D eigenvalue weighted by molar-refractivity contribution is 0.0994. The van der Waals surface area contributed by atoms with Gasteiger partial charge in [-0.15, -0.1) is 0 Å². The van der Waals surface area contributed by atoms with Gasteiger partial charge in [-0.3, -0.25) is 9.78 Å². The van der Waals surface area contributed by atoms with E-state index in [2.05, 4.69) is 9.97 Å². The molecule has 1 aromatic heterocycles. The highest BCUT2D eigenvalue weighted by Gasteiger charge is 2.14. The summed E-state index contributed by atoms with van der Waals surface area (Å²) in [5, 5.41) is 0. The standard InChI is InChI=1S/C13H12FN3O/c1-7-11(9-4-3-5-10(14)6-9)17-12(13(15)18)8(2)16-7/h3-6H,1-2H3,(H2,15,18). The minimum atomic E-state index is -0.641. The van der Waals surface area contributed by atoms with Gasteiger partial charge in [0.15, 0.2) is 0 Å². The second kappa shape index (κ2) is 4.52. The Kier molecular flexibility index (Phi) is 3.06. The molecule has 2 N–H and O–H groups in total. The molecule has 92 valence electrons. The molecule has 0 fully saturated rings. The number of primary amides is 1. The zero-order valence-corrected chi connectivity index (χ0v) is 10.1. The van der Waals surface area contributed by atoms with Crippen LogP contribution in [-0.4, -0.2) is 15.9 Å². The summed E-state index contributed by atoms with van der Waals surface area (Å²) in [5.74, 6) is -1.01. The summed E-state index contributed by atoms with van der Waals surface area (Å²) in [6.45, 7) is 3.42. The van der Waals surface area contributed by atoms with Crippen molar-refractivity contribution in [3.63, 3.8) is 0 Å². The lowest BCUT2D eigenvalue weighted by atomic mass is 10.1. The molecular formula is C13H12FN3O. The van der Waals surface area contributed by atoms with E-state index in [1.807, 2.05) is 0 Å². The van der Waals surface area contributed by atoms with Crippen molar-refractivity contribution in [3.8, 4) is 11.3 Å². The zero-order chi connectivity index (χ0) is 13.3. The molecule has 0 saturated carbocycles. The van der Waals surface area contributed by atoms with E-state index in [1.54, 1.807) is 26.0 Å². The second-order valence-electron chi connectivity index (χ2n) is 3.97. The van der Waals surface area contributed by atoms with E-state index >= 15 is 0 Å². The van der Waals surface area contributed by atoms with Crippen LogP contribution in [0, 0.1) is 19.7 Å². The fourth-order valence-electron chi connectivity index (χ4n) is 1.77. The normalized spacial score (nSPS) is 10.4. The van der Waals surface area contributed by atoms with Crippen LogP contribution in [0.15, 0.2) is 24.3 Å². The van der Waals surface area contributed by atoms with Gasteiger partial charge in [0.05, 0.1) is 17.1 Å². The monoisotopic (exact) mass is 245 g/mol. The van der Waals surface area contributed by atoms with E-state index in [-0.39, 0.29) is 11.5 Å². The Labute approximate surface area is 104 Å². The van der Waals surface area contributed by atoms with E-state index in [9.17, 15) is 9.18 Å². The number of rotatable bonds is 2. The highest BCUT2D eigenvalue weighted by molar-refractivity contribution is 5.92. The van der Waals surface area contributed by atoms with Gasteiger partial charge in [-0.1, -0.05) is 12.1 Å². The summed E-state index contributed by atoms with van der Waals surface area (Å²) >= 11 is 0. The molecule has 1 amide bonds. The van der Waals surface area contributed by atoms with E-state index in [0.717, 1.165) is 0 Å². The van der Waals surface area contributed by atoms with Gasteiger partial charge in [0, 0.05) is 5.56 Å². The summed E-state index contributed by atoms with van der Waals surface area (Å²) in [7, 11) is 0. The number of aryl methyl sites for hydroxylation is 2. The number of carbonyl (C=O) groups excluding carboxylic acids is 1. The molecule has 0 spiro atoms. The Morgan fingerprint density at radius 1 is 1.22 bits per heavy atom. The summed E-state index contributed by atoms with van der Waals surface area (Å²) < 4.78 is 13.2. The van der Waals surface area contributed by atoms with Gasteiger partial charge in [0.25, 0.3) is 5.91 Å². The Morgan fingerprint density at radius 3 is 2.56 bits per heavy atom. The van der Waals surface area contributed by atoms with Crippen LogP contribution in [0.1, 0.15) is 21.9 Å². The highest BCUT2D eigenvalue weighted by Crippen LogP contribution is 2.21. The molecule has 18 heavy (non-hydrogen) atoms. The van der Waals surface area contributed by atoms with E-state index in [0.29, 0.717) is 22.6 Å². The molecule has 0 aliphatic carbocycles. The first-order chi connectivity index (χ1) is 8.49. The average molecular weight is 245 g/mol. The molecule has 4 nitrogen and oxygen atoms in total. The molecule has 0 atom stereocenters. The van der Waals surface area contributed by atoms with Crippen molar-refractivity contribution in [1.82, 2.24) is 9.97 Å². The molecule has 0 unspecified atom stereocenters. The number of hydrogen-bond donors (Lipinski definition) is 1. The van der Waals surface area contributed by atoms with Crippen molar-refractivity contribution in [3.05, 3.63) is 47.2 Å². The Bertz CT molecular complexity index is 626. The number of halogens is 1. The maximum atomic E-state index is 13.2. The van der Waals surface area contributed by atoms with Crippen LogP contribution in [0.4, 0.5) is 4.39 Å². The van der Waals surface area contributed by atoms with E-state index in [1.165, 1.54) is 12.1 Å². The van der Waals surface area contributed by atoms with Gasteiger partial charge in [-0.05, 0) is 26.0 Å². The molecule has 5 heteroatoms. The predicted molar refractivity (Wildman–Crippen MR) is 65.4 cm³/mol. The fourth-order valence-corrected chi connectivity index (χ4v) is 1.77. The Balaban J connectivity index is 2.64. The third-order valence-electron chi connectivity index (χ3n) is 2.58. The lowest BCUT2D eigenvalue weighted by Crippen LogP contribution is -2.17. The van der Waals surface area contributed by atoms with Gasteiger partial charge < -0.3 is 5.73 Å². The zero-order valence-electron chi connectivity index (χ0n) is 10.1. The Morgan fingerprint density at radius 2 is 1.94 bits per heavy atom.